The lowest BCUT2D eigenvalue weighted by atomic mass is 10.1. The molecular formula is C14H17N3O. The van der Waals surface area contributed by atoms with Gasteiger partial charge in [-0.05, 0) is 23.3 Å². The molecule has 2 rings (SSSR count). The Morgan fingerprint density at radius 1 is 1.22 bits per heavy atom. The number of hydrogen-bond donors (Lipinski definition) is 2. The number of rotatable bonds is 5. The summed E-state index contributed by atoms with van der Waals surface area (Å²) in [6.45, 7) is 1.36. The largest absolute Gasteiger partial charge is 0.397 e. The second kappa shape index (κ2) is 6.02. The van der Waals surface area contributed by atoms with Gasteiger partial charge >= 0.3 is 0 Å². The fraction of sp³-hybridized carbons (Fsp3) is 0.214. The number of nitrogens with one attached hydrogen (secondary N) is 1. The molecule has 0 radical (unpaired) electrons. The Hall–Kier alpha value is -2.07. The molecular weight excluding hydrogens is 226 g/mol. The van der Waals surface area contributed by atoms with Gasteiger partial charge in [0.05, 0.1) is 18.5 Å². The first-order chi connectivity index (χ1) is 8.78. The average molecular weight is 243 g/mol. The smallest absolute Gasteiger partial charge is 0.126 e. The van der Waals surface area contributed by atoms with E-state index < -0.39 is 0 Å². The fourth-order valence-corrected chi connectivity index (χ4v) is 1.70. The second-order valence-electron chi connectivity index (χ2n) is 4.08. The summed E-state index contributed by atoms with van der Waals surface area (Å²) in [4.78, 5) is 4.19. The minimum atomic E-state index is 0.633. The van der Waals surface area contributed by atoms with Crippen LogP contribution in [0.4, 0.5) is 11.5 Å². The highest BCUT2D eigenvalue weighted by Crippen LogP contribution is 2.10. The number of nitrogen functional groups attached to an aromatic ring is 1. The van der Waals surface area contributed by atoms with Crippen molar-refractivity contribution in [1.82, 2.24) is 4.98 Å². The van der Waals surface area contributed by atoms with Gasteiger partial charge in [-0.15, -0.1) is 0 Å². The summed E-state index contributed by atoms with van der Waals surface area (Å²) in [7, 11) is 1.70. The van der Waals surface area contributed by atoms with E-state index in [0.29, 0.717) is 12.3 Å². The molecule has 3 N–H and O–H groups in total. The quantitative estimate of drug-likeness (QED) is 0.846. The van der Waals surface area contributed by atoms with Gasteiger partial charge in [0, 0.05) is 13.7 Å². The normalized spacial score (nSPS) is 10.3. The van der Waals surface area contributed by atoms with E-state index in [-0.39, 0.29) is 0 Å². The number of aromatic nitrogens is 1. The maximum absolute atomic E-state index is 5.58. The molecule has 0 aliphatic carbocycles. The standard InChI is InChI=1S/C14H17N3O/c1-18-10-12-4-2-3-11(7-12)8-16-14-6-5-13(15)9-17-14/h2-7,9H,8,10,15H2,1H3,(H,16,17). The number of pyridine rings is 1. The zero-order valence-electron chi connectivity index (χ0n) is 10.4. The van der Waals surface area contributed by atoms with Gasteiger partial charge in [0.1, 0.15) is 5.82 Å². The lowest BCUT2D eigenvalue weighted by Gasteiger charge is -2.07. The maximum atomic E-state index is 5.58. The first-order valence-electron chi connectivity index (χ1n) is 5.80. The zero-order chi connectivity index (χ0) is 12.8. The fourth-order valence-electron chi connectivity index (χ4n) is 1.70. The molecule has 0 spiro atoms. The lowest BCUT2D eigenvalue weighted by Crippen LogP contribution is -2.02. The summed E-state index contributed by atoms with van der Waals surface area (Å²) in [6.07, 6.45) is 1.64. The number of methoxy groups -OCH3 is 1. The van der Waals surface area contributed by atoms with E-state index in [2.05, 4.69) is 28.5 Å². The van der Waals surface area contributed by atoms with Crippen LogP contribution in [0.2, 0.25) is 0 Å². The van der Waals surface area contributed by atoms with Crippen molar-refractivity contribution in [1.29, 1.82) is 0 Å². The summed E-state index contributed by atoms with van der Waals surface area (Å²) < 4.78 is 5.11. The molecule has 0 saturated carbocycles. The predicted molar refractivity (Wildman–Crippen MR) is 73.1 cm³/mol. The van der Waals surface area contributed by atoms with Gasteiger partial charge in [-0.3, -0.25) is 0 Å². The Bertz CT molecular complexity index is 497. The maximum Gasteiger partial charge on any atom is 0.126 e. The van der Waals surface area contributed by atoms with E-state index in [4.69, 9.17) is 10.5 Å². The summed E-state index contributed by atoms with van der Waals surface area (Å²) in [6, 6.07) is 12.0. The van der Waals surface area contributed by atoms with Crippen LogP contribution in [0, 0.1) is 0 Å². The third kappa shape index (κ3) is 3.46. The molecule has 1 heterocycles. The Morgan fingerprint density at radius 3 is 2.78 bits per heavy atom. The minimum Gasteiger partial charge on any atom is -0.397 e. The van der Waals surface area contributed by atoms with Crippen molar-refractivity contribution in [2.24, 2.45) is 0 Å². The third-order valence-electron chi connectivity index (χ3n) is 2.56. The third-order valence-corrected chi connectivity index (χ3v) is 2.56. The summed E-state index contributed by atoms with van der Waals surface area (Å²) in [5.74, 6) is 0.821. The molecule has 0 bridgehead atoms. The lowest BCUT2D eigenvalue weighted by molar-refractivity contribution is 0.185. The molecule has 0 saturated heterocycles. The molecule has 94 valence electrons. The van der Waals surface area contributed by atoms with Gasteiger partial charge in [0.25, 0.3) is 0 Å². The van der Waals surface area contributed by atoms with Gasteiger partial charge in [-0.1, -0.05) is 24.3 Å². The summed E-state index contributed by atoms with van der Waals surface area (Å²) >= 11 is 0. The predicted octanol–water partition coefficient (Wildman–Crippen LogP) is 2.42. The molecule has 18 heavy (non-hydrogen) atoms. The van der Waals surface area contributed by atoms with Crippen LogP contribution in [0.5, 0.6) is 0 Å². The number of nitrogens with two attached hydrogens (primary N) is 1. The highest BCUT2D eigenvalue weighted by molar-refractivity contribution is 5.44. The molecule has 0 amide bonds. The second-order valence-corrected chi connectivity index (χ2v) is 4.08. The van der Waals surface area contributed by atoms with E-state index in [0.717, 1.165) is 12.4 Å². The molecule has 0 aliphatic rings. The Balaban J connectivity index is 1.97. The number of hydrogen-bond acceptors (Lipinski definition) is 4. The molecule has 1 aromatic heterocycles. The van der Waals surface area contributed by atoms with Gasteiger partial charge in [0.15, 0.2) is 0 Å². The number of ether oxygens (including phenoxy) is 1. The topological polar surface area (TPSA) is 60.2 Å². The number of benzene rings is 1. The highest BCUT2D eigenvalue weighted by atomic mass is 16.5. The zero-order valence-corrected chi connectivity index (χ0v) is 10.4. The van der Waals surface area contributed by atoms with Gasteiger partial charge in [0.2, 0.25) is 0 Å². The molecule has 0 atom stereocenters. The summed E-state index contributed by atoms with van der Waals surface area (Å²) in [5, 5.41) is 3.25. The SMILES string of the molecule is COCc1cccc(CNc2ccc(N)cn2)c1. The number of anilines is 2. The van der Waals surface area contributed by atoms with Crippen LogP contribution in [-0.4, -0.2) is 12.1 Å². The Labute approximate surface area is 107 Å². The Morgan fingerprint density at radius 2 is 2.06 bits per heavy atom. The Kier molecular flexibility index (Phi) is 4.15. The van der Waals surface area contributed by atoms with Gasteiger partial charge < -0.3 is 15.8 Å². The molecule has 1 aromatic carbocycles. The van der Waals surface area contributed by atoms with Crippen LogP contribution in [-0.2, 0) is 17.9 Å². The van der Waals surface area contributed by atoms with E-state index >= 15 is 0 Å². The van der Waals surface area contributed by atoms with Crippen molar-refractivity contribution in [2.75, 3.05) is 18.2 Å². The first kappa shape index (κ1) is 12.4. The average Bonchev–Trinajstić information content (AvgIpc) is 2.39. The molecule has 2 aromatic rings. The van der Waals surface area contributed by atoms with Crippen LogP contribution in [0.15, 0.2) is 42.6 Å². The van der Waals surface area contributed by atoms with Crippen LogP contribution < -0.4 is 11.1 Å². The molecule has 0 unspecified atom stereocenters. The molecule has 4 heteroatoms. The van der Waals surface area contributed by atoms with Crippen molar-refractivity contribution in [3.8, 4) is 0 Å². The van der Waals surface area contributed by atoms with Crippen molar-refractivity contribution >= 4 is 11.5 Å². The van der Waals surface area contributed by atoms with Crippen LogP contribution in [0.1, 0.15) is 11.1 Å². The van der Waals surface area contributed by atoms with E-state index in [1.165, 1.54) is 11.1 Å². The number of nitrogens with zero attached hydrogens (tertiary/aromatic N) is 1. The molecule has 4 nitrogen and oxygen atoms in total. The van der Waals surface area contributed by atoms with E-state index in [1.54, 1.807) is 13.3 Å². The van der Waals surface area contributed by atoms with Crippen LogP contribution in [0.3, 0.4) is 0 Å². The molecule has 0 aliphatic heterocycles. The van der Waals surface area contributed by atoms with E-state index in [1.807, 2.05) is 18.2 Å². The minimum absolute atomic E-state index is 0.633. The van der Waals surface area contributed by atoms with Crippen molar-refractivity contribution in [2.45, 2.75) is 13.2 Å². The van der Waals surface area contributed by atoms with Crippen LogP contribution in [0.25, 0.3) is 0 Å². The van der Waals surface area contributed by atoms with Crippen molar-refractivity contribution in [3.05, 3.63) is 53.7 Å². The first-order valence-corrected chi connectivity index (χ1v) is 5.80. The molecule has 0 fully saturated rings. The van der Waals surface area contributed by atoms with Gasteiger partial charge in [-0.2, -0.15) is 0 Å². The van der Waals surface area contributed by atoms with Crippen molar-refractivity contribution < 1.29 is 4.74 Å². The van der Waals surface area contributed by atoms with Crippen molar-refractivity contribution in [3.63, 3.8) is 0 Å². The van der Waals surface area contributed by atoms with Gasteiger partial charge in [-0.25, -0.2) is 4.98 Å². The highest BCUT2D eigenvalue weighted by Gasteiger charge is 1.97. The van der Waals surface area contributed by atoms with Crippen LogP contribution >= 0.6 is 0 Å². The monoisotopic (exact) mass is 243 g/mol. The van der Waals surface area contributed by atoms with E-state index in [9.17, 15) is 0 Å². The summed E-state index contributed by atoms with van der Waals surface area (Å²) in [5.41, 5.74) is 8.62.